The van der Waals surface area contributed by atoms with Crippen LogP contribution in [0.15, 0.2) is 18.2 Å². The van der Waals surface area contributed by atoms with Gasteiger partial charge in [0.15, 0.2) is 3.95 Å². The third-order valence-corrected chi connectivity index (χ3v) is 4.83. The molecule has 0 radical (unpaired) electrons. The molecule has 2 N–H and O–H groups in total. The molecule has 0 fully saturated rings. The second-order valence-corrected chi connectivity index (χ2v) is 8.10. The van der Waals surface area contributed by atoms with Crippen LogP contribution >= 0.6 is 23.6 Å². The van der Waals surface area contributed by atoms with Gasteiger partial charge in [0.1, 0.15) is 0 Å². The molecule has 0 bridgehead atoms. The summed E-state index contributed by atoms with van der Waals surface area (Å²) in [5.74, 6) is -0.00673. The molecule has 0 aliphatic carbocycles. The SMILES string of the molecule is Cc1ccc(Nc2nn(CN(C)CC(=O)NC(C)C)c(=S)s2)cc1C. The first-order valence-electron chi connectivity index (χ1n) is 8.14. The molecule has 6 nitrogen and oxygen atoms in total. The molecule has 0 saturated carbocycles. The zero-order valence-electron chi connectivity index (χ0n) is 15.3. The highest BCUT2D eigenvalue weighted by Crippen LogP contribution is 2.22. The minimum absolute atomic E-state index is 0.00673. The molecule has 25 heavy (non-hydrogen) atoms. The molecular weight excluding hydrogens is 354 g/mol. The Morgan fingerprint density at radius 2 is 2.08 bits per heavy atom. The number of carbonyl (C=O) groups is 1. The van der Waals surface area contributed by atoms with Crippen molar-refractivity contribution in [3.63, 3.8) is 0 Å². The largest absolute Gasteiger partial charge is 0.353 e. The van der Waals surface area contributed by atoms with Crippen LogP contribution in [-0.4, -0.2) is 40.2 Å². The summed E-state index contributed by atoms with van der Waals surface area (Å²) in [6.07, 6.45) is 0. The zero-order chi connectivity index (χ0) is 18.6. The lowest BCUT2D eigenvalue weighted by molar-refractivity contribution is -0.122. The second-order valence-electron chi connectivity index (χ2n) is 6.47. The van der Waals surface area contributed by atoms with Crippen LogP contribution in [0, 0.1) is 17.8 Å². The van der Waals surface area contributed by atoms with E-state index in [2.05, 4.69) is 41.7 Å². The summed E-state index contributed by atoms with van der Waals surface area (Å²) in [6, 6.07) is 6.33. The Labute approximate surface area is 157 Å². The van der Waals surface area contributed by atoms with Crippen molar-refractivity contribution in [2.45, 2.75) is 40.4 Å². The molecule has 0 spiro atoms. The smallest absolute Gasteiger partial charge is 0.234 e. The van der Waals surface area contributed by atoms with Crippen LogP contribution < -0.4 is 10.6 Å². The summed E-state index contributed by atoms with van der Waals surface area (Å²) in [6.45, 7) is 8.83. The van der Waals surface area contributed by atoms with E-state index in [0.717, 1.165) is 10.8 Å². The van der Waals surface area contributed by atoms with Crippen LogP contribution in [0.5, 0.6) is 0 Å². The van der Waals surface area contributed by atoms with E-state index < -0.39 is 0 Å². The maximum Gasteiger partial charge on any atom is 0.234 e. The first-order valence-corrected chi connectivity index (χ1v) is 9.37. The fraction of sp³-hybridized carbons (Fsp3) is 0.471. The summed E-state index contributed by atoms with van der Waals surface area (Å²) >= 11 is 6.81. The molecule has 1 aromatic carbocycles. The molecule has 136 valence electrons. The van der Waals surface area contributed by atoms with Crippen molar-refractivity contribution in [2.75, 3.05) is 18.9 Å². The van der Waals surface area contributed by atoms with Gasteiger partial charge in [-0.1, -0.05) is 17.4 Å². The van der Waals surface area contributed by atoms with Crippen LogP contribution in [0.4, 0.5) is 10.8 Å². The summed E-state index contributed by atoms with van der Waals surface area (Å²) in [5.41, 5.74) is 3.47. The zero-order valence-corrected chi connectivity index (χ0v) is 16.9. The van der Waals surface area contributed by atoms with Gasteiger partial charge in [0.05, 0.1) is 13.2 Å². The Morgan fingerprint density at radius 1 is 1.36 bits per heavy atom. The van der Waals surface area contributed by atoms with E-state index >= 15 is 0 Å². The first-order chi connectivity index (χ1) is 11.7. The lowest BCUT2D eigenvalue weighted by Gasteiger charge is -2.17. The van der Waals surface area contributed by atoms with E-state index in [9.17, 15) is 4.79 Å². The Hall–Kier alpha value is -1.77. The van der Waals surface area contributed by atoms with Crippen LogP contribution in [0.25, 0.3) is 0 Å². The van der Waals surface area contributed by atoms with E-state index in [4.69, 9.17) is 12.2 Å². The number of hydrogen-bond donors (Lipinski definition) is 2. The van der Waals surface area contributed by atoms with Crippen molar-refractivity contribution >= 4 is 40.3 Å². The van der Waals surface area contributed by atoms with Crippen molar-refractivity contribution in [1.29, 1.82) is 0 Å². The topological polar surface area (TPSA) is 62.2 Å². The Morgan fingerprint density at radius 3 is 2.72 bits per heavy atom. The van der Waals surface area contributed by atoms with Crippen LogP contribution in [-0.2, 0) is 11.5 Å². The Kier molecular flexibility index (Phi) is 6.69. The summed E-state index contributed by atoms with van der Waals surface area (Å²) < 4.78 is 2.40. The van der Waals surface area contributed by atoms with E-state index in [1.54, 1.807) is 4.68 Å². The molecule has 0 aliphatic heterocycles. The van der Waals surface area contributed by atoms with Gasteiger partial charge in [0.25, 0.3) is 0 Å². The average Bonchev–Trinajstić information content (AvgIpc) is 2.81. The summed E-state index contributed by atoms with van der Waals surface area (Å²) in [7, 11) is 1.87. The third kappa shape index (κ3) is 5.91. The molecule has 2 rings (SSSR count). The number of aromatic nitrogens is 2. The molecule has 0 atom stereocenters. The summed E-state index contributed by atoms with van der Waals surface area (Å²) in [4.78, 5) is 13.7. The van der Waals surface area contributed by atoms with Gasteiger partial charge in [-0.3, -0.25) is 9.69 Å². The van der Waals surface area contributed by atoms with Crippen LogP contribution in [0.2, 0.25) is 0 Å². The van der Waals surface area contributed by atoms with Gasteiger partial charge in [-0.05, 0) is 70.2 Å². The molecule has 8 heteroatoms. The predicted octanol–water partition coefficient (Wildman–Crippen LogP) is 3.45. The fourth-order valence-corrected chi connectivity index (χ4v) is 3.29. The minimum Gasteiger partial charge on any atom is -0.353 e. The molecule has 1 heterocycles. The molecule has 1 amide bonds. The Bertz CT molecular complexity index is 797. The van der Waals surface area contributed by atoms with E-state index in [-0.39, 0.29) is 11.9 Å². The van der Waals surface area contributed by atoms with Crippen LogP contribution in [0.1, 0.15) is 25.0 Å². The van der Waals surface area contributed by atoms with Gasteiger partial charge >= 0.3 is 0 Å². The fourth-order valence-electron chi connectivity index (χ4n) is 2.28. The molecule has 0 unspecified atom stereocenters. The van der Waals surface area contributed by atoms with Gasteiger partial charge < -0.3 is 10.6 Å². The van der Waals surface area contributed by atoms with Gasteiger partial charge in [-0.2, -0.15) is 0 Å². The number of nitrogens with zero attached hydrogens (tertiary/aromatic N) is 3. The highest BCUT2D eigenvalue weighted by atomic mass is 32.1. The molecule has 1 aromatic heterocycles. The molecular formula is C17H25N5OS2. The number of benzene rings is 1. The number of nitrogens with one attached hydrogen (secondary N) is 2. The molecule has 2 aromatic rings. The van der Waals surface area contributed by atoms with Crippen molar-refractivity contribution < 1.29 is 4.79 Å². The second kappa shape index (κ2) is 8.55. The van der Waals surface area contributed by atoms with Gasteiger partial charge in [-0.25, -0.2) is 4.68 Å². The first kappa shape index (κ1) is 19.6. The van der Waals surface area contributed by atoms with E-state index in [1.165, 1.54) is 22.5 Å². The standard InChI is InChI=1S/C17H25N5OS2/c1-11(2)18-15(23)9-21(5)10-22-17(24)25-16(20-22)19-14-7-6-12(3)13(4)8-14/h6-8,11H,9-10H2,1-5H3,(H,18,23)(H,19,20). The van der Waals surface area contributed by atoms with Crippen LogP contribution in [0.3, 0.4) is 0 Å². The van der Waals surface area contributed by atoms with Gasteiger partial charge in [0.2, 0.25) is 11.0 Å². The quantitative estimate of drug-likeness (QED) is 0.722. The van der Waals surface area contributed by atoms with Gasteiger partial charge in [0, 0.05) is 11.7 Å². The predicted molar refractivity (Wildman–Crippen MR) is 106 cm³/mol. The molecule has 0 aliphatic rings. The lowest BCUT2D eigenvalue weighted by atomic mass is 10.1. The van der Waals surface area contributed by atoms with Crippen molar-refractivity contribution in [3.8, 4) is 0 Å². The number of amides is 1. The van der Waals surface area contributed by atoms with Crippen molar-refractivity contribution in [2.24, 2.45) is 0 Å². The monoisotopic (exact) mass is 379 g/mol. The number of aryl methyl sites for hydroxylation is 2. The average molecular weight is 380 g/mol. The van der Waals surface area contributed by atoms with Gasteiger partial charge in [-0.15, -0.1) is 5.10 Å². The minimum atomic E-state index is -0.00673. The number of rotatable bonds is 7. The van der Waals surface area contributed by atoms with Crippen molar-refractivity contribution in [1.82, 2.24) is 20.0 Å². The number of anilines is 2. The maximum atomic E-state index is 11.8. The normalized spacial score (nSPS) is 11.2. The number of likely N-dealkylation sites (N-methyl/N-ethyl adjacent to an activating group) is 1. The molecule has 0 saturated heterocycles. The summed E-state index contributed by atoms with van der Waals surface area (Å²) in [5, 5.41) is 11.4. The maximum absolute atomic E-state index is 11.8. The Balaban J connectivity index is 2.00. The highest BCUT2D eigenvalue weighted by Gasteiger charge is 2.11. The lowest BCUT2D eigenvalue weighted by Crippen LogP contribution is -2.39. The number of hydrogen-bond acceptors (Lipinski definition) is 6. The number of carbonyl (C=O) groups excluding carboxylic acids is 1. The van der Waals surface area contributed by atoms with Crippen molar-refractivity contribution in [3.05, 3.63) is 33.3 Å². The van der Waals surface area contributed by atoms with E-state index in [0.29, 0.717) is 17.2 Å². The highest BCUT2D eigenvalue weighted by molar-refractivity contribution is 7.73. The third-order valence-electron chi connectivity index (χ3n) is 3.60. The van der Waals surface area contributed by atoms with E-state index in [1.807, 2.05) is 31.9 Å².